The molecule has 2 amide bonds. The molecule has 12 nitrogen and oxygen atoms in total. The van der Waals surface area contributed by atoms with Crippen LogP contribution in [0.4, 0.5) is 0 Å². The number of nitrogens with one attached hydrogen (secondary N) is 3. The van der Waals surface area contributed by atoms with E-state index in [9.17, 15) is 18.0 Å². The van der Waals surface area contributed by atoms with Crippen molar-refractivity contribution in [1.29, 1.82) is 0 Å². The number of aryl methyl sites for hydroxylation is 1. The fraction of sp³-hybridized carbons (Fsp3) is 0.235. The smallest absolute Gasteiger partial charge is 0.307 e. The number of para-hydroxylation sites is 1. The highest BCUT2D eigenvalue weighted by molar-refractivity contribution is 7.87. The number of aromatic amines is 1. The second kappa shape index (κ2) is 13.6. The van der Waals surface area contributed by atoms with E-state index in [1.54, 1.807) is 24.3 Å². The Bertz CT molecular complexity index is 2090. The average Bonchev–Trinajstić information content (AvgIpc) is 3.64. The highest BCUT2D eigenvalue weighted by atomic mass is 32.2. The van der Waals surface area contributed by atoms with Crippen molar-refractivity contribution in [3.05, 3.63) is 94.9 Å². The molecule has 2 aromatic heterocycles. The fourth-order valence-corrected chi connectivity index (χ4v) is 6.29. The lowest BCUT2D eigenvalue weighted by Gasteiger charge is -2.15. The number of ether oxygens (including phenoxy) is 3. The van der Waals surface area contributed by atoms with Gasteiger partial charge >= 0.3 is 10.2 Å². The highest BCUT2D eigenvalue weighted by Crippen LogP contribution is 2.38. The van der Waals surface area contributed by atoms with Crippen molar-refractivity contribution in [2.75, 3.05) is 42.0 Å². The predicted molar refractivity (Wildman–Crippen MR) is 181 cm³/mol. The van der Waals surface area contributed by atoms with Gasteiger partial charge in [0.2, 0.25) is 5.75 Å². The van der Waals surface area contributed by atoms with Gasteiger partial charge < -0.3 is 29.8 Å². The molecule has 0 aliphatic carbocycles. The summed E-state index contributed by atoms with van der Waals surface area (Å²) in [5.74, 6) is -0.352. The molecular formula is C34H37N5O7S. The first-order valence-corrected chi connectivity index (χ1v) is 16.1. The summed E-state index contributed by atoms with van der Waals surface area (Å²) in [7, 11) is 3.30. The molecule has 0 unspecified atom stereocenters. The summed E-state index contributed by atoms with van der Waals surface area (Å²) < 4.78 is 44.7. The third kappa shape index (κ3) is 6.67. The molecular weight excluding hydrogens is 622 g/mol. The van der Waals surface area contributed by atoms with Crippen molar-refractivity contribution in [2.24, 2.45) is 0 Å². The van der Waals surface area contributed by atoms with Crippen LogP contribution < -0.4 is 24.8 Å². The number of hydrogen-bond acceptors (Lipinski definition) is 7. The summed E-state index contributed by atoms with van der Waals surface area (Å²) in [6.45, 7) is 2.29. The second-order valence-corrected chi connectivity index (χ2v) is 13.0. The number of aromatic nitrogens is 2. The zero-order valence-corrected chi connectivity index (χ0v) is 27.8. The van der Waals surface area contributed by atoms with E-state index >= 15 is 0 Å². The molecule has 0 saturated carbocycles. The molecule has 0 spiro atoms. The summed E-state index contributed by atoms with van der Waals surface area (Å²) in [4.78, 5) is 30.7. The van der Waals surface area contributed by atoms with Crippen molar-refractivity contribution in [2.45, 2.75) is 13.3 Å². The van der Waals surface area contributed by atoms with E-state index < -0.39 is 22.0 Å². The Morgan fingerprint density at radius 3 is 2.32 bits per heavy atom. The Kier molecular flexibility index (Phi) is 9.59. The van der Waals surface area contributed by atoms with Gasteiger partial charge in [-0.15, -0.1) is 0 Å². The largest absolute Gasteiger partial charge is 0.493 e. The van der Waals surface area contributed by atoms with Crippen LogP contribution in [0.25, 0.3) is 27.9 Å². The average molecular weight is 660 g/mol. The van der Waals surface area contributed by atoms with Crippen molar-refractivity contribution in [1.82, 2.24) is 23.9 Å². The molecule has 5 rings (SSSR count). The summed E-state index contributed by atoms with van der Waals surface area (Å²) >= 11 is 0. The maximum absolute atomic E-state index is 13.8. The monoisotopic (exact) mass is 659 g/mol. The number of nitrogens with zero attached hydrogens (tertiary/aromatic N) is 2. The third-order valence-electron chi connectivity index (χ3n) is 7.74. The minimum atomic E-state index is -3.90. The third-order valence-corrected chi connectivity index (χ3v) is 9.46. The maximum atomic E-state index is 13.8. The number of methoxy groups -OCH3 is 3. The topological polar surface area (TPSA) is 144 Å². The summed E-state index contributed by atoms with van der Waals surface area (Å²) in [5.41, 5.74) is 4.03. The number of hydrogen-bond donors (Lipinski definition) is 3. The van der Waals surface area contributed by atoms with Gasteiger partial charge in [0.1, 0.15) is 5.70 Å². The van der Waals surface area contributed by atoms with Gasteiger partial charge in [0.15, 0.2) is 11.5 Å². The number of H-pyrrole nitrogens is 1. The van der Waals surface area contributed by atoms with Gasteiger partial charge in [-0.05, 0) is 55.3 Å². The first kappa shape index (κ1) is 33.1. The van der Waals surface area contributed by atoms with E-state index in [0.29, 0.717) is 28.6 Å². The lowest BCUT2D eigenvalue weighted by Crippen LogP contribution is -2.35. The van der Waals surface area contributed by atoms with Gasteiger partial charge in [-0.1, -0.05) is 29.8 Å². The number of carbonyl (C=O) groups excluding carboxylic acids is 2. The molecule has 3 aromatic carbocycles. The zero-order valence-electron chi connectivity index (χ0n) is 27.0. The first-order chi connectivity index (χ1) is 22.5. The van der Waals surface area contributed by atoms with Crippen LogP contribution in [0.15, 0.2) is 72.7 Å². The predicted octanol–water partition coefficient (Wildman–Crippen LogP) is 4.24. The normalized spacial score (nSPS) is 12.0. The highest BCUT2D eigenvalue weighted by Gasteiger charge is 2.23. The van der Waals surface area contributed by atoms with Gasteiger partial charge in [-0.2, -0.15) is 12.7 Å². The van der Waals surface area contributed by atoms with Crippen LogP contribution in [-0.2, 0) is 21.4 Å². The summed E-state index contributed by atoms with van der Waals surface area (Å²) in [6, 6.07) is 16.0. The molecule has 0 saturated heterocycles. The van der Waals surface area contributed by atoms with Crippen LogP contribution in [0.3, 0.4) is 0 Å². The molecule has 0 atom stereocenters. The first-order valence-electron chi connectivity index (χ1n) is 14.7. The molecule has 47 heavy (non-hydrogen) atoms. The Balaban J connectivity index is 1.52. The molecule has 5 aromatic rings. The van der Waals surface area contributed by atoms with E-state index in [2.05, 4.69) is 21.7 Å². The summed E-state index contributed by atoms with van der Waals surface area (Å²) in [6.07, 6.45) is 5.33. The molecule has 2 heterocycles. The minimum absolute atomic E-state index is 0.0938. The van der Waals surface area contributed by atoms with Crippen LogP contribution in [0.1, 0.15) is 27.0 Å². The number of benzene rings is 3. The Morgan fingerprint density at radius 1 is 0.957 bits per heavy atom. The molecule has 0 radical (unpaired) electrons. The van der Waals surface area contributed by atoms with Gasteiger partial charge in [-0.3, -0.25) is 9.59 Å². The van der Waals surface area contributed by atoms with Gasteiger partial charge in [0.05, 0.1) is 26.8 Å². The molecule has 0 aliphatic rings. The van der Waals surface area contributed by atoms with Gasteiger partial charge in [0, 0.05) is 60.4 Å². The number of fused-ring (bicyclic) bond motifs is 2. The molecule has 13 heteroatoms. The second-order valence-electron chi connectivity index (χ2n) is 11.0. The van der Waals surface area contributed by atoms with Crippen molar-refractivity contribution < 1.29 is 32.2 Å². The SMILES string of the molecule is COc1cc(C(=O)N/C(=C\c2cn(S(=O)(=O)N(C)C)c3ccccc23)C(=O)NCCc2c[nH]c3ccc(C)cc23)cc(OC)c1OC. The molecule has 3 N–H and O–H groups in total. The van der Waals surface area contributed by atoms with Crippen molar-refractivity contribution in [3.63, 3.8) is 0 Å². The maximum Gasteiger partial charge on any atom is 0.307 e. The van der Waals surface area contributed by atoms with Gasteiger partial charge in [-0.25, -0.2) is 3.97 Å². The quantitative estimate of drug-likeness (QED) is 0.170. The minimum Gasteiger partial charge on any atom is -0.493 e. The Hall–Kier alpha value is -5.27. The number of amides is 2. The van der Waals surface area contributed by atoms with Crippen LogP contribution in [0, 0.1) is 6.92 Å². The molecule has 0 aliphatic heterocycles. The Labute approximate surface area is 273 Å². The van der Waals surface area contributed by atoms with Crippen LogP contribution in [0.5, 0.6) is 17.2 Å². The van der Waals surface area contributed by atoms with E-state index in [-0.39, 0.29) is 29.3 Å². The fourth-order valence-electron chi connectivity index (χ4n) is 5.28. The van der Waals surface area contributed by atoms with E-state index in [4.69, 9.17) is 14.2 Å². The van der Waals surface area contributed by atoms with Crippen molar-refractivity contribution >= 4 is 49.9 Å². The zero-order chi connectivity index (χ0) is 33.9. The van der Waals surface area contributed by atoms with Crippen LogP contribution >= 0.6 is 0 Å². The lowest BCUT2D eigenvalue weighted by atomic mass is 10.1. The Morgan fingerprint density at radius 2 is 1.66 bits per heavy atom. The molecule has 0 fully saturated rings. The van der Waals surface area contributed by atoms with Crippen LogP contribution in [0.2, 0.25) is 0 Å². The van der Waals surface area contributed by atoms with E-state index in [1.165, 1.54) is 59.8 Å². The summed E-state index contributed by atoms with van der Waals surface area (Å²) in [5, 5.41) is 7.27. The number of carbonyl (C=O) groups is 2. The van der Waals surface area contributed by atoms with E-state index in [0.717, 1.165) is 30.3 Å². The lowest BCUT2D eigenvalue weighted by molar-refractivity contribution is -0.117. The number of rotatable bonds is 12. The molecule has 0 bridgehead atoms. The standard InChI is InChI=1S/C34H37N5O7S/c1-21-11-12-27-26(15-21)22(19-36-27)13-14-35-34(41)28(37-33(40)23-17-30(44-4)32(46-6)31(18-23)45-5)16-24-20-39(47(42,43)38(2)3)29-10-8-7-9-25(24)29/h7-12,15-20,36H,13-14H2,1-6H3,(H,35,41)(H,37,40)/b28-16-. The molecule has 246 valence electrons. The van der Waals surface area contributed by atoms with Crippen LogP contribution in [-0.4, -0.2) is 75.5 Å². The van der Waals surface area contributed by atoms with Crippen molar-refractivity contribution in [3.8, 4) is 17.2 Å². The van der Waals surface area contributed by atoms with E-state index in [1.807, 2.05) is 25.3 Å². The van der Waals surface area contributed by atoms with Gasteiger partial charge in [0.25, 0.3) is 11.8 Å².